The number of hydrogen-bond acceptors (Lipinski definition) is 10. The zero-order valence-electron chi connectivity index (χ0n) is 14.1. The minimum Gasteiger partial charge on any atom is -0.454 e. The Morgan fingerprint density at radius 2 is 1.12 bits per heavy atom. The van der Waals surface area contributed by atoms with Gasteiger partial charge in [0.15, 0.2) is 13.2 Å². The molecule has 0 aliphatic rings. The number of rotatable bonds is 8. The lowest BCUT2D eigenvalue weighted by atomic mass is 10.1. The van der Waals surface area contributed by atoms with Gasteiger partial charge >= 0.3 is 11.9 Å². The molecule has 0 bridgehead atoms. The number of nitrogens with zero attached hydrogens (tertiary/aromatic N) is 2. The van der Waals surface area contributed by atoms with Crippen molar-refractivity contribution in [2.45, 2.75) is 13.8 Å². The minimum atomic E-state index is -1.05. The van der Waals surface area contributed by atoms with Crippen molar-refractivity contribution in [1.29, 1.82) is 10.5 Å². The van der Waals surface area contributed by atoms with E-state index < -0.39 is 36.7 Å². The lowest BCUT2D eigenvalue weighted by molar-refractivity contribution is -0.143. The molecule has 0 unspecified atom stereocenters. The van der Waals surface area contributed by atoms with Crippen LogP contribution in [0.25, 0.3) is 0 Å². The lowest BCUT2D eigenvalue weighted by Gasteiger charge is -2.02. The van der Waals surface area contributed by atoms with E-state index in [0.717, 1.165) is 0 Å². The Morgan fingerprint density at radius 1 is 0.808 bits per heavy atom. The predicted octanol–water partition coefficient (Wildman–Crippen LogP) is -0.720. The van der Waals surface area contributed by atoms with Crippen molar-refractivity contribution in [1.82, 2.24) is 0 Å². The molecule has 4 N–H and O–H groups in total. The van der Waals surface area contributed by atoms with Crippen molar-refractivity contribution < 1.29 is 28.7 Å². The Kier molecular flexibility index (Phi) is 9.15. The highest BCUT2D eigenvalue weighted by Crippen LogP contribution is 2.01. The van der Waals surface area contributed by atoms with E-state index in [1.807, 2.05) is 0 Å². The first-order valence-electron chi connectivity index (χ1n) is 6.94. The molecule has 136 valence electrons. The molecule has 0 rings (SSSR count). The molecule has 0 aromatic heterocycles. The summed E-state index contributed by atoms with van der Waals surface area (Å²) in [4.78, 5) is 45.9. The summed E-state index contributed by atoms with van der Waals surface area (Å²) in [5.74, 6) is -3.70. The van der Waals surface area contributed by atoms with Gasteiger partial charge < -0.3 is 20.9 Å². The summed E-state index contributed by atoms with van der Waals surface area (Å²) >= 11 is 0. The van der Waals surface area contributed by atoms with Crippen molar-refractivity contribution in [3.8, 4) is 12.1 Å². The van der Waals surface area contributed by atoms with Crippen molar-refractivity contribution >= 4 is 23.5 Å². The lowest BCUT2D eigenvalue weighted by Crippen LogP contribution is -2.17. The van der Waals surface area contributed by atoms with Gasteiger partial charge in [-0.25, -0.2) is 9.59 Å². The first-order chi connectivity index (χ1) is 12.1. The number of hydrogen-bond donors (Lipinski definition) is 2. The molecule has 0 radical (unpaired) electrons. The summed E-state index contributed by atoms with van der Waals surface area (Å²) in [5.41, 5.74) is 9.94. The molecule has 0 fully saturated rings. The minimum absolute atomic E-state index is 0.0177. The standard InChI is InChI=1S/C16H16N4O6/c1-9(19)11(5-17)13(21)7-25-15(23)3-4-16(24)26-8-14(22)12(6-18)10(2)20/h3-4H,7-8,19-20H2,1-2H3. The van der Waals surface area contributed by atoms with E-state index in [-0.39, 0.29) is 22.5 Å². The summed E-state index contributed by atoms with van der Waals surface area (Å²) in [6.45, 7) is 1.21. The van der Waals surface area contributed by atoms with Crippen LogP contribution in [0.1, 0.15) is 13.8 Å². The largest absolute Gasteiger partial charge is 0.454 e. The molecule has 0 aliphatic carbocycles. The van der Waals surface area contributed by atoms with Crippen LogP contribution in [-0.2, 0) is 28.7 Å². The van der Waals surface area contributed by atoms with Crippen LogP contribution < -0.4 is 11.5 Å². The fraction of sp³-hybridized carbons (Fsp3) is 0.250. The van der Waals surface area contributed by atoms with Crippen LogP contribution in [0, 0.1) is 22.7 Å². The molecule has 0 spiro atoms. The number of Topliss-reactive ketones (excluding diaryl/α,β-unsaturated/α-hetero) is 2. The summed E-state index contributed by atoms with van der Waals surface area (Å²) in [7, 11) is 0. The van der Waals surface area contributed by atoms with Crippen LogP contribution in [0.15, 0.2) is 34.7 Å². The third-order valence-corrected chi connectivity index (χ3v) is 2.62. The average Bonchev–Trinajstić information content (AvgIpc) is 2.56. The number of esters is 2. The molecule has 0 aromatic rings. The first-order valence-corrected chi connectivity index (χ1v) is 6.94. The second kappa shape index (κ2) is 10.8. The van der Waals surface area contributed by atoms with Gasteiger partial charge in [0.1, 0.15) is 23.3 Å². The van der Waals surface area contributed by atoms with Crippen LogP contribution in [0.2, 0.25) is 0 Å². The van der Waals surface area contributed by atoms with Crippen molar-refractivity contribution in [2.24, 2.45) is 11.5 Å². The topological polar surface area (TPSA) is 186 Å². The van der Waals surface area contributed by atoms with Crippen LogP contribution in [-0.4, -0.2) is 36.7 Å². The molecule has 0 saturated heterocycles. The van der Waals surface area contributed by atoms with Gasteiger partial charge in [0, 0.05) is 23.5 Å². The maximum Gasteiger partial charge on any atom is 0.331 e. The maximum atomic E-state index is 11.6. The van der Waals surface area contributed by atoms with Crippen LogP contribution in [0.3, 0.4) is 0 Å². The van der Waals surface area contributed by atoms with Gasteiger partial charge in [0.25, 0.3) is 0 Å². The van der Waals surface area contributed by atoms with E-state index in [2.05, 4.69) is 9.47 Å². The zero-order chi connectivity index (χ0) is 20.3. The van der Waals surface area contributed by atoms with E-state index in [9.17, 15) is 19.2 Å². The molecule has 26 heavy (non-hydrogen) atoms. The van der Waals surface area contributed by atoms with Gasteiger partial charge in [-0.1, -0.05) is 0 Å². The van der Waals surface area contributed by atoms with Gasteiger partial charge in [0.2, 0.25) is 11.6 Å². The third-order valence-electron chi connectivity index (χ3n) is 2.62. The van der Waals surface area contributed by atoms with E-state index in [0.29, 0.717) is 12.2 Å². The van der Waals surface area contributed by atoms with Crippen LogP contribution in [0.5, 0.6) is 0 Å². The van der Waals surface area contributed by atoms with Gasteiger partial charge in [-0.05, 0) is 13.8 Å². The van der Waals surface area contributed by atoms with Gasteiger partial charge in [-0.15, -0.1) is 0 Å². The molecular weight excluding hydrogens is 344 g/mol. The average molecular weight is 360 g/mol. The fourth-order valence-corrected chi connectivity index (χ4v) is 1.39. The van der Waals surface area contributed by atoms with Crippen LogP contribution in [0.4, 0.5) is 0 Å². The summed E-state index contributed by atoms with van der Waals surface area (Å²) in [6.07, 6.45) is 1.33. The van der Waals surface area contributed by atoms with Crippen molar-refractivity contribution in [2.75, 3.05) is 13.2 Å². The second-order valence-corrected chi connectivity index (χ2v) is 4.73. The number of carbonyl (C=O) groups is 4. The number of ketones is 2. The Labute approximate surface area is 148 Å². The Hall–Kier alpha value is -3.92. The number of nitriles is 2. The SMILES string of the molecule is CC(N)=C(C#N)C(=O)COC(=O)C=CC(=O)OCC(=O)C(C#N)=C(C)N. The molecule has 10 heteroatoms. The normalized spacial score (nSPS) is 12.2. The van der Waals surface area contributed by atoms with Crippen molar-refractivity contribution in [3.05, 3.63) is 34.7 Å². The molecule has 0 heterocycles. The number of nitrogens with two attached hydrogens (primary N) is 2. The molecule has 0 atom stereocenters. The highest BCUT2D eigenvalue weighted by atomic mass is 16.5. The number of allylic oxidation sites excluding steroid dienone is 2. The summed E-state index contributed by atoms with van der Waals surface area (Å²) in [6, 6.07) is 3.16. The van der Waals surface area contributed by atoms with Gasteiger partial charge in [-0.3, -0.25) is 9.59 Å². The van der Waals surface area contributed by atoms with Crippen molar-refractivity contribution in [3.63, 3.8) is 0 Å². The maximum absolute atomic E-state index is 11.6. The van der Waals surface area contributed by atoms with Gasteiger partial charge in [-0.2, -0.15) is 10.5 Å². The van der Waals surface area contributed by atoms with E-state index in [1.165, 1.54) is 13.8 Å². The van der Waals surface area contributed by atoms with Crippen LogP contribution >= 0.6 is 0 Å². The fourth-order valence-electron chi connectivity index (χ4n) is 1.39. The summed E-state index contributed by atoms with van der Waals surface area (Å²) in [5, 5.41) is 17.4. The Bertz CT molecular complexity index is 719. The zero-order valence-corrected chi connectivity index (χ0v) is 14.1. The molecule has 0 aromatic carbocycles. The number of ether oxygens (including phenoxy) is 2. The van der Waals surface area contributed by atoms with E-state index >= 15 is 0 Å². The molecule has 0 aliphatic heterocycles. The molecule has 10 nitrogen and oxygen atoms in total. The smallest absolute Gasteiger partial charge is 0.331 e. The second-order valence-electron chi connectivity index (χ2n) is 4.73. The summed E-state index contributed by atoms with van der Waals surface area (Å²) < 4.78 is 9.08. The predicted molar refractivity (Wildman–Crippen MR) is 86.1 cm³/mol. The first kappa shape index (κ1) is 22.1. The highest BCUT2D eigenvalue weighted by molar-refractivity contribution is 6.03. The Balaban J connectivity index is 4.53. The highest BCUT2D eigenvalue weighted by Gasteiger charge is 2.15. The monoisotopic (exact) mass is 360 g/mol. The van der Waals surface area contributed by atoms with Gasteiger partial charge in [0.05, 0.1) is 0 Å². The quantitative estimate of drug-likeness (QED) is 0.317. The molecule has 0 amide bonds. The van der Waals surface area contributed by atoms with E-state index in [4.69, 9.17) is 22.0 Å². The molecular formula is C16H16N4O6. The molecule has 0 saturated carbocycles. The number of carbonyl (C=O) groups excluding carboxylic acids is 4. The third kappa shape index (κ3) is 7.57. The van der Waals surface area contributed by atoms with E-state index in [1.54, 1.807) is 12.1 Å². The Morgan fingerprint density at radius 3 is 1.35 bits per heavy atom.